The molecule has 0 bridgehead atoms. The van der Waals surface area contributed by atoms with Crippen molar-refractivity contribution in [2.75, 3.05) is 29.9 Å². The molecule has 1 fully saturated rings. The van der Waals surface area contributed by atoms with Crippen LogP contribution in [0.5, 0.6) is 0 Å². The zero-order valence-electron chi connectivity index (χ0n) is 17.4. The number of carbonyl (C=O) groups excluding carboxylic acids is 2. The average molecular weight is 394 g/mol. The van der Waals surface area contributed by atoms with Crippen LogP contribution in [0.2, 0.25) is 0 Å². The van der Waals surface area contributed by atoms with Gasteiger partial charge in [0, 0.05) is 31.0 Å². The molecular formula is C24H31N3O2. The zero-order chi connectivity index (χ0) is 20.6. The second-order valence-electron chi connectivity index (χ2n) is 7.54. The Bertz CT molecular complexity index is 801. The number of aryl methyl sites for hydroxylation is 1. The fraction of sp³-hybridized carbons (Fsp3) is 0.417. The van der Waals surface area contributed by atoms with Gasteiger partial charge >= 0.3 is 0 Å². The quantitative estimate of drug-likeness (QED) is 0.603. The summed E-state index contributed by atoms with van der Waals surface area (Å²) < 4.78 is 0. The van der Waals surface area contributed by atoms with E-state index in [1.165, 1.54) is 5.56 Å². The standard InChI is InChI=1S/C24H31N3O2/c1-3-27(4-2)20-14-12-19(13-15-20)26-24(29)22-17-21(22)23(28)25-16-8-11-18-9-6-5-7-10-18/h5-7,9-10,12-15,21-22H,3-4,8,11,16-17H2,1-2H3,(H,25,28)(H,26,29). The number of rotatable bonds is 10. The highest BCUT2D eigenvalue weighted by Gasteiger charge is 2.47. The highest BCUT2D eigenvalue weighted by Crippen LogP contribution is 2.39. The maximum atomic E-state index is 12.4. The van der Waals surface area contributed by atoms with Crippen LogP contribution in [0.3, 0.4) is 0 Å². The van der Waals surface area contributed by atoms with Crippen molar-refractivity contribution < 1.29 is 9.59 Å². The molecule has 0 radical (unpaired) electrons. The molecule has 2 unspecified atom stereocenters. The highest BCUT2D eigenvalue weighted by atomic mass is 16.2. The molecule has 0 heterocycles. The van der Waals surface area contributed by atoms with E-state index in [9.17, 15) is 9.59 Å². The fourth-order valence-corrected chi connectivity index (χ4v) is 3.63. The summed E-state index contributed by atoms with van der Waals surface area (Å²) in [4.78, 5) is 27.0. The lowest BCUT2D eigenvalue weighted by Crippen LogP contribution is -2.28. The Hall–Kier alpha value is -2.82. The monoisotopic (exact) mass is 393 g/mol. The zero-order valence-corrected chi connectivity index (χ0v) is 17.4. The van der Waals surface area contributed by atoms with Crippen molar-refractivity contribution in [3.05, 3.63) is 60.2 Å². The first-order valence-corrected chi connectivity index (χ1v) is 10.6. The maximum Gasteiger partial charge on any atom is 0.228 e. The van der Waals surface area contributed by atoms with Gasteiger partial charge in [0.2, 0.25) is 11.8 Å². The van der Waals surface area contributed by atoms with Crippen molar-refractivity contribution in [3.8, 4) is 0 Å². The van der Waals surface area contributed by atoms with Crippen LogP contribution in [0.25, 0.3) is 0 Å². The predicted molar refractivity (Wildman–Crippen MR) is 118 cm³/mol. The van der Waals surface area contributed by atoms with E-state index >= 15 is 0 Å². The smallest absolute Gasteiger partial charge is 0.228 e. The number of nitrogens with one attached hydrogen (secondary N) is 2. The first-order chi connectivity index (χ1) is 14.1. The van der Waals surface area contributed by atoms with Gasteiger partial charge in [0.25, 0.3) is 0 Å². The normalized spacial score (nSPS) is 17.4. The molecule has 2 atom stereocenters. The summed E-state index contributed by atoms with van der Waals surface area (Å²) in [6.45, 7) is 6.79. The van der Waals surface area contributed by atoms with Gasteiger partial charge in [0.15, 0.2) is 0 Å². The minimum Gasteiger partial charge on any atom is -0.372 e. The van der Waals surface area contributed by atoms with E-state index in [0.717, 1.165) is 37.3 Å². The summed E-state index contributed by atoms with van der Waals surface area (Å²) in [6.07, 6.45) is 2.48. The van der Waals surface area contributed by atoms with Crippen LogP contribution < -0.4 is 15.5 Å². The Balaban J connectivity index is 1.39. The molecule has 3 rings (SSSR count). The van der Waals surface area contributed by atoms with Crippen LogP contribution in [-0.2, 0) is 16.0 Å². The molecule has 2 aromatic carbocycles. The van der Waals surface area contributed by atoms with Crippen molar-refractivity contribution in [3.63, 3.8) is 0 Å². The summed E-state index contributed by atoms with van der Waals surface area (Å²) in [6, 6.07) is 18.1. The summed E-state index contributed by atoms with van der Waals surface area (Å²) in [5, 5.41) is 5.91. The highest BCUT2D eigenvalue weighted by molar-refractivity contribution is 5.99. The van der Waals surface area contributed by atoms with Crippen LogP contribution in [0.1, 0.15) is 32.3 Å². The number of benzene rings is 2. The van der Waals surface area contributed by atoms with E-state index < -0.39 is 0 Å². The summed E-state index contributed by atoms with van der Waals surface area (Å²) >= 11 is 0. The number of nitrogens with zero attached hydrogens (tertiary/aromatic N) is 1. The third-order valence-corrected chi connectivity index (χ3v) is 5.51. The van der Waals surface area contributed by atoms with Gasteiger partial charge in [-0.3, -0.25) is 9.59 Å². The maximum absolute atomic E-state index is 12.4. The van der Waals surface area contributed by atoms with Crippen molar-refractivity contribution in [2.45, 2.75) is 33.1 Å². The van der Waals surface area contributed by atoms with E-state index in [2.05, 4.69) is 41.5 Å². The number of hydrogen-bond donors (Lipinski definition) is 2. The number of anilines is 2. The number of hydrogen-bond acceptors (Lipinski definition) is 3. The topological polar surface area (TPSA) is 61.4 Å². The Morgan fingerprint density at radius 2 is 1.59 bits per heavy atom. The lowest BCUT2D eigenvalue weighted by molar-refractivity contribution is -0.125. The first kappa shape index (κ1) is 20.9. The van der Waals surface area contributed by atoms with E-state index in [-0.39, 0.29) is 23.7 Å². The second-order valence-corrected chi connectivity index (χ2v) is 7.54. The molecule has 29 heavy (non-hydrogen) atoms. The molecule has 154 valence electrons. The van der Waals surface area contributed by atoms with Gasteiger partial charge in [-0.15, -0.1) is 0 Å². The summed E-state index contributed by atoms with van der Waals surface area (Å²) in [7, 11) is 0. The molecule has 5 nitrogen and oxygen atoms in total. The van der Waals surface area contributed by atoms with Gasteiger partial charge in [-0.25, -0.2) is 0 Å². The molecule has 0 aromatic heterocycles. The van der Waals surface area contributed by atoms with Crippen LogP contribution >= 0.6 is 0 Å². The van der Waals surface area contributed by atoms with Crippen molar-refractivity contribution >= 4 is 23.2 Å². The molecule has 5 heteroatoms. The Morgan fingerprint density at radius 1 is 0.931 bits per heavy atom. The van der Waals surface area contributed by atoms with Gasteiger partial charge in [-0.05, 0) is 62.9 Å². The van der Waals surface area contributed by atoms with E-state index in [1.807, 2.05) is 42.5 Å². The van der Waals surface area contributed by atoms with Crippen molar-refractivity contribution in [1.82, 2.24) is 5.32 Å². The predicted octanol–water partition coefficient (Wildman–Crippen LogP) is 3.86. The lowest BCUT2D eigenvalue weighted by Gasteiger charge is -2.21. The molecular weight excluding hydrogens is 362 g/mol. The molecule has 1 aliphatic rings. The van der Waals surface area contributed by atoms with Crippen molar-refractivity contribution in [1.29, 1.82) is 0 Å². The molecule has 0 saturated heterocycles. The minimum absolute atomic E-state index is 0.00454. The molecule has 2 aromatic rings. The van der Waals surface area contributed by atoms with Crippen LogP contribution in [0.4, 0.5) is 11.4 Å². The van der Waals surface area contributed by atoms with Gasteiger partial charge in [-0.2, -0.15) is 0 Å². The van der Waals surface area contributed by atoms with Crippen LogP contribution in [0.15, 0.2) is 54.6 Å². The first-order valence-electron chi connectivity index (χ1n) is 10.6. The molecule has 1 aliphatic carbocycles. The molecule has 1 saturated carbocycles. The molecule has 2 amide bonds. The second kappa shape index (κ2) is 10.1. The minimum atomic E-state index is -0.216. The molecule has 2 N–H and O–H groups in total. The summed E-state index contributed by atoms with van der Waals surface area (Å²) in [5.74, 6) is -0.478. The Labute approximate surface area is 173 Å². The van der Waals surface area contributed by atoms with Crippen molar-refractivity contribution in [2.24, 2.45) is 11.8 Å². The van der Waals surface area contributed by atoms with Gasteiger partial charge in [0.1, 0.15) is 0 Å². The van der Waals surface area contributed by atoms with Gasteiger partial charge < -0.3 is 15.5 Å². The van der Waals surface area contributed by atoms with Crippen LogP contribution in [-0.4, -0.2) is 31.4 Å². The van der Waals surface area contributed by atoms with E-state index in [0.29, 0.717) is 13.0 Å². The SMILES string of the molecule is CCN(CC)c1ccc(NC(=O)C2CC2C(=O)NCCCc2ccccc2)cc1. The van der Waals surface area contributed by atoms with Gasteiger partial charge in [-0.1, -0.05) is 30.3 Å². The third-order valence-electron chi connectivity index (χ3n) is 5.51. The number of amides is 2. The Morgan fingerprint density at radius 3 is 2.24 bits per heavy atom. The number of carbonyl (C=O) groups is 2. The van der Waals surface area contributed by atoms with E-state index in [4.69, 9.17) is 0 Å². The summed E-state index contributed by atoms with van der Waals surface area (Å²) in [5.41, 5.74) is 3.20. The van der Waals surface area contributed by atoms with E-state index in [1.54, 1.807) is 0 Å². The largest absolute Gasteiger partial charge is 0.372 e. The fourth-order valence-electron chi connectivity index (χ4n) is 3.63. The third kappa shape index (κ3) is 5.83. The van der Waals surface area contributed by atoms with Crippen LogP contribution in [0, 0.1) is 11.8 Å². The lowest BCUT2D eigenvalue weighted by atomic mass is 10.1. The van der Waals surface area contributed by atoms with Gasteiger partial charge in [0.05, 0.1) is 11.8 Å². The Kier molecular flexibility index (Phi) is 7.28. The molecule has 0 aliphatic heterocycles. The molecule has 0 spiro atoms. The average Bonchev–Trinajstić information content (AvgIpc) is 3.55.